The topological polar surface area (TPSA) is 75.4 Å². The zero-order valence-electron chi connectivity index (χ0n) is 11.7. The number of hydrogen-bond donors (Lipinski definition) is 2. The van der Waals surface area contributed by atoms with E-state index in [9.17, 15) is 9.59 Å². The van der Waals surface area contributed by atoms with Gasteiger partial charge >= 0.3 is 0 Å². The van der Waals surface area contributed by atoms with Gasteiger partial charge in [-0.1, -0.05) is 6.07 Å². The second kappa shape index (κ2) is 6.85. The Balaban J connectivity index is 1.85. The number of nitrogens with zero attached hydrogens (tertiary/aromatic N) is 1. The summed E-state index contributed by atoms with van der Waals surface area (Å²) in [5, 5.41) is 4.61. The van der Waals surface area contributed by atoms with Crippen LogP contribution in [0, 0.1) is 5.92 Å². The number of hydrogen-bond acceptors (Lipinski definition) is 4. The van der Waals surface area contributed by atoms with Gasteiger partial charge in [0.15, 0.2) is 0 Å². The monoisotopic (exact) mass is 295 g/mol. The van der Waals surface area contributed by atoms with Crippen LogP contribution in [-0.4, -0.2) is 42.4 Å². The number of amides is 2. The molecular weight excluding hydrogens is 274 g/mol. The highest BCUT2D eigenvalue weighted by atomic mass is 32.1. The van der Waals surface area contributed by atoms with Gasteiger partial charge in [0.2, 0.25) is 5.91 Å². The third-order valence-electron chi connectivity index (χ3n) is 3.72. The maximum atomic E-state index is 12.3. The normalized spacial score (nSPS) is 17.8. The zero-order valence-corrected chi connectivity index (χ0v) is 12.5. The summed E-state index contributed by atoms with van der Waals surface area (Å²) in [6.45, 7) is 3.90. The van der Waals surface area contributed by atoms with Gasteiger partial charge in [0.05, 0.1) is 4.88 Å². The number of carbonyl (C=O) groups excluding carboxylic acids is 2. The molecule has 2 rings (SSSR count). The number of likely N-dealkylation sites (tertiary alicyclic amines) is 1. The predicted octanol–water partition coefficient (Wildman–Crippen LogP) is 1.06. The smallest absolute Gasteiger partial charge is 0.261 e. The number of nitrogens with one attached hydrogen (secondary N) is 1. The molecule has 0 aromatic carbocycles. The largest absolute Gasteiger partial charge is 0.341 e. The van der Waals surface area contributed by atoms with E-state index in [0.29, 0.717) is 17.3 Å². The van der Waals surface area contributed by atoms with Gasteiger partial charge in [0, 0.05) is 13.1 Å². The molecule has 1 fully saturated rings. The van der Waals surface area contributed by atoms with E-state index in [-0.39, 0.29) is 11.8 Å². The molecule has 1 aromatic rings. The minimum atomic E-state index is -0.487. The van der Waals surface area contributed by atoms with Crippen molar-refractivity contribution < 1.29 is 9.59 Å². The molecule has 1 atom stereocenters. The number of carbonyl (C=O) groups is 2. The van der Waals surface area contributed by atoms with Crippen molar-refractivity contribution in [2.75, 3.05) is 19.6 Å². The Labute approximate surface area is 123 Å². The maximum Gasteiger partial charge on any atom is 0.261 e. The summed E-state index contributed by atoms with van der Waals surface area (Å²) in [5.41, 5.74) is 5.65. The second-order valence-electron chi connectivity index (χ2n) is 5.18. The first-order chi connectivity index (χ1) is 9.61. The number of piperidine rings is 1. The van der Waals surface area contributed by atoms with Crippen molar-refractivity contribution in [1.82, 2.24) is 10.2 Å². The lowest BCUT2D eigenvalue weighted by Crippen LogP contribution is -2.49. The summed E-state index contributed by atoms with van der Waals surface area (Å²) in [7, 11) is 0. The van der Waals surface area contributed by atoms with Crippen LogP contribution in [0.3, 0.4) is 0 Å². The summed E-state index contributed by atoms with van der Waals surface area (Å²) in [6, 6.07) is 3.09. The molecule has 2 amide bonds. The number of thiophene rings is 1. The maximum absolute atomic E-state index is 12.3. The lowest BCUT2D eigenvalue weighted by atomic mass is 9.97. The van der Waals surface area contributed by atoms with E-state index >= 15 is 0 Å². The fraction of sp³-hybridized carbons (Fsp3) is 0.571. The van der Waals surface area contributed by atoms with Crippen molar-refractivity contribution in [2.45, 2.75) is 25.8 Å². The molecule has 0 aliphatic carbocycles. The van der Waals surface area contributed by atoms with Gasteiger partial charge in [-0.15, -0.1) is 11.3 Å². The first-order valence-electron chi connectivity index (χ1n) is 6.95. The Morgan fingerprint density at radius 2 is 2.20 bits per heavy atom. The van der Waals surface area contributed by atoms with Gasteiger partial charge in [-0.05, 0) is 43.7 Å². The molecule has 1 unspecified atom stereocenters. The molecule has 1 aliphatic heterocycles. The molecule has 6 heteroatoms. The molecule has 20 heavy (non-hydrogen) atoms. The lowest BCUT2D eigenvalue weighted by molar-refractivity contribution is -0.134. The third kappa shape index (κ3) is 3.58. The van der Waals surface area contributed by atoms with Crippen molar-refractivity contribution in [3.63, 3.8) is 0 Å². The van der Waals surface area contributed by atoms with Crippen molar-refractivity contribution >= 4 is 23.2 Å². The summed E-state index contributed by atoms with van der Waals surface area (Å²) < 4.78 is 0. The molecule has 110 valence electrons. The van der Waals surface area contributed by atoms with Gasteiger partial charge in [-0.2, -0.15) is 0 Å². The standard InChI is InChI=1S/C14H21N3O2S/c1-10(16-13(18)12-3-2-8-20-12)14(19)17-6-4-11(9-15)5-7-17/h2-3,8,10-11H,4-7,9,15H2,1H3,(H,16,18). The van der Waals surface area contributed by atoms with Crippen LogP contribution in [0.2, 0.25) is 0 Å². The van der Waals surface area contributed by atoms with Crippen molar-refractivity contribution in [1.29, 1.82) is 0 Å². The van der Waals surface area contributed by atoms with Crippen LogP contribution in [0.4, 0.5) is 0 Å². The van der Waals surface area contributed by atoms with Gasteiger partial charge in [0.1, 0.15) is 6.04 Å². The number of rotatable bonds is 4. The molecule has 1 aromatic heterocycles. The molecule has 0 spiro atoms. The SMILES string of the molecule is CC(NC(=O)c1cccs1)C(=O)N1CCC(CN)CC1. The van der Waals surface area contributed by atoms with Crippen molar-refractivity contribution in [2.24, 2.45) is 11.7 Å². The number of nitrogens with two attached hydrogens (primary N) is 1. The highest BCUT2D eigenvalue weighted by molar-refractivity contribution is 7.12. The average molecular weight is 295 g/mol. The zero-order chi connectivity index (χ0) is 14.5. The van der Waals surface area contributed by atoms with Gasteiger partial charge < -0.3 is 16.0 Å². The molecular formula is C14H21N3O2S. The van der Waals surface area contributed by atoms with Crippen LogP contribution in [0.1, 0.15) is 29.4 Å². The predicted molar refractivity (Wildman–Crippen MR) is 79.6 cm³/mol. The fourth-order valence-electron chi connectivity index (χ4n) is 2.40. The summed E-state index contributed by atoms with van der Waals surface area (Å²) >= 11 is 1.37. The van der Waals surface area contributed by atoms with E-state index < -0.39 is 6.04 Å². The lowest BCUT2D eigenvalue weighted by Gasteiger charge is -2.33. The Morgan fingerprint density at radius 1 is 1.50 bits per heavy atom. The first kappa shape index (κ1) is 15.0. The second-order valence-corrected chi connectivity index (χ2v) is 6.12. The molecule has 5 nitrogen and oxygen atoms in total. The molecule has 0 radical (unpaired) electrons. The third-order valence-corrected chi connectivity index (χ3v) is 4.59. The van der Waals surface area contributed by atoms with Gasteiger partial charge in [-0.3, -0.25) is 9.59 Å². The van der Waals surface area contributed by atoms with E-state index in [1.165, 1.54) is 11.3 Å². The Kier molecular flexibility index (Phi) is 5.14. The Morgan fingerprint density at radius 3 is 2.75 bits per heavy atom. The van der Waals surface area contributed by atoms with Crippen LogP contribution < -0.4 is 11.1 Å². The van der Waals surface area contributed by atoms with Crippen LogP contribution >= 0.6 is 11.3 Å². The summed E-state index contributed by atoms with van der Waals surface area (Å²) in [6.07, 6.45) is 1.90. The fourth-order valence-corrected chi connectivity index (χ4v) is 3.03. The average Bonchev–Trinajstić information content (AvgIpc) is 3.01. The highest BCUT2D eigenvalue weighted by Gasteiger charge is 2.26. The highest BCUT2D eigenvalue weighted by Crippen LogP contribution is 2.16. The van der Waals surface area contributed by atoms with Crippen LogP contribution in [0.15, 0.2) is 17.5 Å². The van der Waals surface area contributed by atoms with Crippen LogP contribution in [-0.2, 0) is 4.79 Å². The van der Waals surface area contributed by atoms with Gasteiger partial charge in [0.25, 0.3) is 5.91 Å². The molecule has 0 saturated carbocycles. The van der Waals surface area contributed by atoms with Crippen LogP contribution in [0.25, 0.3) is 0 Å². The molecule has 3 N–H and O–H groups in total. The van der Waals surface area contributed by atoms with Crippen molar-refractivity contribution in [3.05, 3.63) is 22.4 Å². The molecule has 2 heterocycles. The summed E-state index contributed by atoms with van der Waals surface area (Å²) in [4.78, 5) is 26.7. The minimum Gasteiger partial charge on any atom is -0.341 e. The van der Waals surface area contributed by atoms with E-state index in [0.717, 1.165) is 25.9 Å². The van der Waals surface area contributed by atoms with E-state index in [1.54, 1.807) is 13.0 Å². The van der Waals surface area contributed by atoms with Gasteiger partial charge in [-0.25, -0.2) is 0 Å². The van der Waals surface area contributed by atoms with E-state index in [4.69, 9.17) is 5.73 Å². The minimum absolute atomic E-state index is 0.00891. The summed E-state index contributed by atoms with van der Waals surface area (Å²) in [5.74, 6) is 0.332. The van der Waals surface area contributed by atoms with E-state index in [2.05, 4.69) is 5.32 Å². The quantitative estimate of drug-likeness (QED) is 0.872. The molecule has 1 aliphatic rings. The molecule has 1 saturated heterocycles. The van der Waals surface area contributed by atoms with E-state index in [1.807, 2.05) is 16.3 Å². The Hall–Kier alpha value is -1.40. The Bertz CT molecular complexity index is 453. The van der Waals surface area contributed by atoms with Crippen LogP contribution in [0.5, 0.6) is 0 Å². The van der Waals surface area contributed by atoms with Crippen molar-refractivity contribution in [3.8, 4) is 0 Å². The molecule has 0 bridgehead atoms. The first-order valence-corrected chi connectivity index (χ1v) is 7.83.